The van der Waals surface area contributed by atoms with Gasteiger partial charge in [-0.15, -0.1) is 0 Å². The molecule has 0 spiro atoms. The number of hydrogen-bond acceptors (Lipinski definition) is 5. The summed E-state index contributed by atoms with van der Waals surface area (Å²) in [5.74, 6) is -0.821. The van der Waals surface area contributed by atoms with Gasteiger partial charge < -0.3 is 14.2 Å². The topological polar surface area (TPSA) is 61.8 Å². The van der Waals surface area contributed by atoms with Crippen molar-refractivity contribution in [3.8, 4) is 5.75 Å². The minimum absolute atomic E-state index is 0.0432. The highest BCUT2D eigenvalue weighted by Gasteiger charge is 2.42. The van der Waals surface area contributed by atoms with Gasteiger partial charge in [-0.25, -0.2) is 0 Å². The van der Waals surface area contributed by atoms with Gasteiger partial charge in [-0.2, -0.15) is 0 Å². The van der Waals surface area contributed by atoms with Crippen LogP contribution in [0.15, 0.2) is 24.3 Å². The average Bonchev–Trinajstić information content (AvgIpc) is 2.81. The van der Waals surface area contributed by atoms with Gasteiger partial charge >= 0.3 is 11.9 Å². The summed E-state index contributed by atoms with van der Waals surface area (Å²) < 4.78 is 15.5. The molecular weight excluding hydrogens is 248 g/mol. The molecular formula is C14H16O5. The van der Waals surface area contributed by atoms with Crippen LogP contribution in [0.1, 0.15) is 25.0 Å². The fourth-order valence-corrected chi connectivity index (χ4v) is 2.20. The van der Waals surface area contributed by atoms with E-state index in [-0.39, 0.29) is 13.0 Å². The number of methoxy groups -OCH3 is 1. The molecule has 1 heterocycles. The van der Waals surface area contributed by atoms with E-state index < -0.39 is 24.0 Å². The molecule has 0 radical (unpaired) electrons. The highest BCUT2D eigenvalue weighted by atomic mass is 16.6. The molecule has 1 aromatic carbocycles. The zero-order valence-corrected chi connectivity index (χ0v) is 10.9. The zero-order chi connectivity index (χ0) is 13.8. The highest BCUT2D eigenvalue weighted by Crippen LogP contribution is 2.40. The van der Waals surface area contributed by atoms with Crippen LogP contribution in [0.3, 0.4) is 0 Å². The molecule has 0 saturated carbocycles. The molecule has 1 fully saturated rings. The number of rotatable bonds is 4. The van der Waals surface area contributed by atoms with E-state index in [0.29, 0.717) is 11.3 Å². The molecule has 0 amide bonds. The highest BCUT2D eigenvalue weighted by molar-refractivity contribution is 5.84. The number of benzene rings is 1. The Morgan fingerprint density at radius 2 is 2.16 bits per heavy atom. The number of ether oxygens (including phenoxy) is 3. The molecule has 0 bridgehead atoms. The lowest BCUT2D eigenvalue weighted by Crippen LogP contribution is -2.21. The smallest absolute Gasteiger partial charge is 0.313 e. The first kappa shape index (κ1) is 13.4. The summed E-state index contributed by atoms with van der Waals surface area (Å²) in [5, 5.41) is 0. The van der Waals surface area contributed by atoms with Gasteiger partial charge in [-0.05, 0) is 13.0 Å². The molecule has 1 saturated heterocycles. The fraction of sp³-hybridized carbons (Fsp3) is 0.429. The van der Waals surface area contributed by atoms with Crippen LogP contribution in [-0.2, 0) is 19.1 Å². The van der Waals surface area contributed by atoms with Crippen molar-refractivity contribution in [1.29, 1.82) is 0 Å². The van der Waals surface area contributed by atoms with Crippen LogP contribution in [-0.4, -0.2) is 25.7 Å². The van der Waals surface area contributed by atoms with E-state index in [1.54, 1.807) is 19.1 Å². The van der Waals surface area contributed by atoms with Crippen LogP contribution >= 0.6 is 0 Å². The van der Waals surface area contributed by atoms with Crippen LogP contribution in [0.25, 0.3) is 0 Å². The van der Waals surface area contributed by atoms with Gasteiger partial charge in [0, 0.05) is 5.56 Å². The van der Waals surface area contributed by atoms with Crippen LogP contribution in [0.2, 0.25) is 0 Å². The lowest BCUT2D eigenvalue weighted by atomic mass is 9.94. The number of carbonyl (C=O) groups is 2. The van der Waals surface area contributed by atoms with Crippen LogP contribution in [0.4, 0.5) is 0 Å². The monoisotopic (exact) mass is 264 g/mol. The van der Waals surface area contributed by atoms with E-state index >= 15 is 0 Å². The Labute approximate surface area is 111 Å². The van der Waals surface area contributed by atoms with Crippen molar-refractivity contribution in [2.24, 2.45) is 5.92 Å². The molecule has 1 aromatic rings. The van der Waals surface area contributed by atoms with Crippen molar-refractivity contribution in [2.75, 3.05) is 13.7 Å². The molecule has 2 atom stereocenters. The van der Waals surface area contributed by atoms with E-state index in [9.17, 15) is 9.59 Å². The van der Waals surface area contributed by atoms with Crippen molar-refractivity contribution >= 4 is 11.9 Å². The Morgan fingerprint density at radius 3 is 2.84 bits per heavy atom. The third-order valence-electron chi connectivity index (χ3n) is 3.05. The predicted octanol–water partition coefficient (Wildman–Crippen LogP) is 1.86. The van der Waals surface area contributed by atoms with Crippen molar-refractivity contribution in [2.45, 2.75) is 19.4 Å². The summed E-state index contributed by atoms with van der Waals surface area (Å²) >= 11 is 0. The first-order chi connectivity index (χ1) is 9.17. The van der Waals surface area contributed by atoms with Gasteiger partial charge in [0.25, 0.3) is 0 Å². The third-order valence-corrected chi connectivity index (χ3v) is 3.05. The normalized spacial score (nSPS) is 21.9. The Kier molecular flexibility index (Phi) is 4.04. The summed E-state index contributed by atoms with van der Waals surface area (Å²) in [6, 6.07) is 7.18. The van der Waals surface area contributed by atoms with E-state index in [1.807, 2.05) is 12.1 Å². The lowest BCUT2D eigenvalue weighted by Gasteiger charge is -2.18. The van der Waals surface area contributed by atoms with E-state index in [1.165, 1.54) is 7.11 Å². The lowest BCUT2D eigenvalue weighted by molar-refractivity contribution is -0.150. The van der Waals surface area contributed by atoms with Crippen molar-refractivity contribution in [3.05, 3.63) is 29.8 Å². The second-order valence-electron chi connectivity index (χ2n) is 4.22. The molecule has 0 N–H and O–H groups in total. The predicted molar refractivity (Wildman–Crippen MR) is 66.6 cm³/mol. The summed E-state index contributed by atoms with van der Waals surface area (Å²) in [7, 11) is 1.54. The molecule has 19 heavy (non-hydrogen) atoms. The van der Waals surface area contributed by atoms with Gasteiger partial charge in [0.15, 0.2) is 0 Å². The second kappa shape index (κ2) is 5.73. The molecule has 5 nitrogen and oxygen atoms in total. The molecule has 0 unspecified atom stereocenters. The maximum absolute atomic E-state index is 11.9. The SMILES string of the molecule is CCOC(=O)[C@H]1CC(=O)O[C@@H]1c1ccccc1OC. The van der Waals surface area contributed by atoms with E-state index in [4.69, 9.17) is 14.2 Å². The Bertz CT molecular complexity index is 482. The summed E-state index contributed by atoms with van der Waals surface area (Å²) in [5.41, 5.74) is 0.689. The van der Waals surface area contributed by atoms with Crippen LogP contribution < -0.4 is 4.74 Å². The molecule has 0 aliphatic carbocycles. The molecule has 102 valence electrons. The first-order valence-corrected chi connectivity index (χ1v) is 6.16. The number of cyclic esters (lactones) is 1. The summed E-state index contributed by atoms with van der Waals surface area (Å²) in [6.07, 6.45) is -0.593. The van der Waals surface area contributed by atoms with Gasteiger partial charge in [-0.1, -0.05) is 18.2 Å². The maximum atomic E-state index is 11.9. The largest absolute Gasteiger partial charge is 0.496 e. The average molecular weight is 264 g/mol. The number of carbonyl (C=O) groups excluding carboxylic acids is 2. The minimum Gasteiger partial charge on any atom is -0.496 e. The minimum atomic E-state index is -0.636. The van der Waals surface area contributed by atoms with Crippen LogP contribution in [0, 0.1) is 5.92 Å². The second-order valence-corrected chi connectivity index (χ2v) is 4.22. The van der Waals surface area contributed by atoms with Crippen molar-refractivity contribution < 1.29 is 23.8 Å². The van der Waals surface area contributed by atoms with Gasteiger partial charge in [0.2, 0.25) is 0 Å². The Morgan fingerprint density at radius 1 is 1.42 bits per heavy atom. The van der Waals surface area contributed by atoms with Gasteiger partial charge in [-0.3, -0.25) is 9.59 Å². The molecule has 1 aliphatic rings. The standard InChI is InChI=1S/C14H16O5/c1-3-18-14(16)10-8-12(15)19-13(10)9-6-4-5-7-11(9)17-2/h4-7,10,13H,3,8H2,1-2H3/t10-,13+/m0/s1. The number of para-hydroxylation sites is 1. The van der Waals surface area contributed by atoms with Crippen molar-refractivity contribution in [3.63, 3.8) is 0 Å². The van der Waals surface area contributed by atoms with E-state index in [0.717, 1.165) is 0 Å². The van der Waals surface area contributed by atoms with Crippen LogP contribution in [0.5, 0.6) is 5.75 Å². The molecule has 1 aliphatic heterocycles. The first-order valence-electron chi connectivity index (χ1n) is 6.16. The Balaban J connectivity index is 2.30. The quantitative estimate of drug-likeness (QED) is 0.777. The number of hydrogen-bond donors (Lipinski definition) is 0. The Hall–Kier alpha value is -2.04. The molecule has 0 aromatic heterocycles. The number of esters is 2. The molecule has 5 heteroatoms. The summed E-state index contributed by atoms with van der Waals surface area (Å²) in [6.45, 7) is 2.01. The zero-order valence-electron chi connectivity index (χ0n) is 10.9. The fourth-order valence-electron chi connectivity index (χ4n) is 2.20. The van der Waals surface area contributed by atoms with Gasteiger partial charge in [0.1, 0.15) is 17.8 Å². The van der Waals surface area contributed by atoms with Gasteiger partial charge in [0.05, 0.1) is 20.1 Å². The molecule has 2 rings (SSSR count). The summed E-state index contributed by atoms with van der Waals surface area (Å²) in [4.78, 5) is 23.4. The van der Waals surface area contributed by atoms with E-state index in [2.05, 4.69) is 0 Å². The van der Waals surface area contributed by atoms with Crippen molar-refractivity contribution in [1.82, 2.24) is 0 Å². The third kappa shape index (κ3) is 2.70. The maximum Gasteiger partial charge on any atom is 0.313 e.